The number of hydrogen-bond acceptors (Lipinski definition) is 4. The van der Waals surface area contributed by atoms with E-state index in [9.17, 15) is 9.59 Å². The highest BCUT2D eigenvalue weighted by Crippen LogP contribution is 2.28. The third-order valence-corrected chi connectivity index (χ3v) is 1.81. The van der Waals surface area contributed by atoms with Gasteiger partial charge < -0.3 is 14.8 Å². The fourth-order valence-corrected chi connectivity index (χ4v) is 1.17. The summed E-state index contributed by atoms with van der Waals surface area (Å²) < 4.78 is 9.84. The van der Waals surface area contributed by atoms with Gasteiger partial charge in [0.15, 0.2) is 0 Å². The molecule has 0 unspecified atom stereocenters. The molecule has 0 atom stereocenters. The molecule has 0 aromatic heterocycles. The Kier molecular flexibility index (Phi) is 4.12. The molecule has 5 nitrogen and oxygen atoms in total. The fourth-order valence-electron chi connectivity index (χ4n) is 1.17. The van der Waals surface area contributed by atoms with Crippen molar-refractivity contribution in [1.82, 2.24) is 0 Å². The molecule has 1 amide bonds. The number of hydrogen-bond donors (Lipinski definition) is 1. The summed E-state index contributed by atoms with van der Waals surface area (Å²) in [7, 11) is 1.47. The summed E-state index contributed by atoms with van der Waals surface area (Å²) in [5.41, 5.74) is 0.405. The maximum absolute atomic E-state index is 11.0. The number of amides is 1. The molecular weight excluding hydrogens is 222 g/mol. The number of ether oxygens (including phenoxy) is 2. The predicted octanol–water partition coefficient (Wildman–Crippen LogP) is 1.19. The van der Waals surface area contributed by atoms with Crippen LogP contribution >= 0.6 is 0 Å². The van der Waals surface area contributed by atoms with Gasteiger partial charge in [0.25, 0.3) is 0 Å². The van der Waals surface area contributed by atoms with Crippen LogP contribution in [0.4, 0.5) is 5.69 Å². The maximum atomic E-state index is 11.0. The number of rotatable bonds is 3. The Hall–Kier alpha value is -2.48. The summed E-state index contributed by atoms with van der Waals surface area (Å²) >= 11 is 0. The molecule has 0 saturated heterocycles. The van der Waals surface area contributed by atoms with Crippen LogP contribution in [0.25, 0.3) is 0 Å². The maximum Gasteiger partial charge on any atom is 0.389 e. The standard InChI is InChI=1S/C12H11NO4/c1-4-12(15)17-9-5-6-11(16-3)10(7-9)13-8(2)14/h1,5-7H,2-3H3,(H,13,14). The quantitative estimate of drug-likeness (QED) is 0.368. The molecule has 1 N–H and O–H groups in total. The van der Waals surface area contributed by atoms with E-state index in [1.54, 1.807) is 6.07 Å². The van der Waals surface area contributed by atoms with Gasteiger partial charge in [-0.3, -0.25) is 4.79 Å². The lowest BCUT2D eigenvalue weighted by Gasteiger charge is -2.10. The minimum Gasteiger partial charge on any atom is -0.495 e. The predicted molar refractivity (Wildman–Crippen MR) is 61.8 cm³/mol. The van der Waals surface area contributed by atoms with Crippen molar-refractivity contribution in [1.29, 1.82) is 0 Å². The van der Waals surface area contributed by atoms with Gasteiger partial charge in [-0.2, -0.15) is 0 Å². The molecule has 88 valence electrons. The third-order valence-electron chi connectivity index (χ3n) is 1.81. The lowest BCUT2D eigenvalue weighted by Crippen LogP contribution is -2.08. The second kappa shape index (κ2) is 5.56. The van der Waals surface area contributed by atoms with Crippen LogP contribution < -0.4 is 14.8 Å². The van der Waals surface area contributed by atoms with Crippen molar-refractivity contribution in [2.75, 3.05) is 12.4 Å². The minimum atomic E-state index is -0.802. The number of benzene rings is 1. The SMILES string of the molecule is C#CC(=O)Oc1ccc(OC)c(NC(C)=O)c1. The van der Waals surface area contributed by atoms with Crippen molar-refractivity contribution < 1.29 is 19.1 Å². The minimum absolute atomic E-state index is 0.234. The molecule has 1 aromatic rings. The number of carbonyl (C=O) groups is 2. The summed E-state index contributed by atoms with van der Waals surface area (Å²) in [5, 5.41) is 2.55. The second-order valence-electron chi connectivity index (χ2n) is 3.08. The van der Waals surface area contributed by atoms with Crippen molar-refractivity contribution >= 4 is 17.6 Å². The molecule has 0 aliphatic carbocycles. The van der Waals surface area contributed by atoms with E-state index >= 15 is 0 Å². The Labute approximate surface area is 98.7 Å². The Morgan fingerprint density at radius 3 is 2.65 bits per heavy atom. The molecule has 5 heteroatoms. The second-order valence-corrected chi connectivity index (χ2v) is 3.08. The number of anilines is 1. The molecule has 0 aliphatic heterocycles. The van der Waals surface area contributed by atoms with Gasteiger partial charge in [-0.1, -0.05) is 0 Å². The van der Waals surface area contributed by atoms with Crippen molar-refractivity contribution in [2.45, 2.75) is 6.92 Å². The van der Waals surface area contributed by atoms with Crippen LogP contribution in [0.15, 0.2) is 18.2 Å². The number of nitrogens with one attached hydrogen (secondary N) is 1. The van der Waals surface area contributed by atoms with E-state index in [-0.39, 0.29) is 11.7 Å². The van der Waals surface area contributed by atoms with Gasteiger partial charge in [-0.15, -0.1) is 6.42 Å². The van der Waals surface area contributed by atoms with E-state index in [1.807, 2.05) is 5.92 Å². The molecule has 0 aliphatic rings. The zero-order valence-electron chi connectivity index (χ0n) is 9.44. The van der Waals surface area contributed by atoms with Gasteiger partial charge in [0.1, 0.15) is 11.5 Å². The molecule has 0 fully saturated rings. The first kappa shape index (κ1) is 12.6. The number of methoxy groups -OCH3 is 1. The van der Waals surface area contributed by atoms with Gasteiger partial charge in [0.05, 0.1) is 12.8 Å². The van der Waals surface area contributed by atoms with Crippen molar-refractivity contribution in [3.8, 4) is 23.8 Å². The van der Waals surface area contributed by atoms with Gasteiger partial charge >= 0.3 is 5.97 Å². The van der Waals surface area contributed by atoms with E-state index < -0.39 is 5.97 Å². The van der Waals surface area contributed by atoms with Crippen LogP contribution in [0.5, 0.6) is 11.5 Å². The Bertz CT molecular complexity index is 488. The zero-order valence-corrected chi connectivity index (χ0v) is 9.44. The topological polar surface area (TPSA) is 64.6 Å². The highest BCUT2D eigenvalue weighted by Gasteiger charge is 2.08. The van der Waals surface area contributed by atoms with E-state index in [0.29, 0.717) is 11.4 Å². The molecule has 0 saturated carbocycles. The molecule has 1 aromatic carbocycles. The largest absolute Gasteiger partial charge is 0.495 e. The molecule has 0 bridgehead atoms. The summed E-state index contributed by atoms with van der Waals surface area (Å²) in [6.07, 6.45) is 4.88. The van der Waals surface area contributed by atoms with Crippen LogP contribution in [-0.4, -0.2) is 19.0 Å². The van der Waals surface area contributed by atoms with E-state index in [2.05, 4.69) is 5.32 Å². The highest BCUT2D eigenvalue weighted by molar-refractivity contribution is 5.92. The van der Waals surface area contributed by atoms with Crippen molar-refractivity contribution in [3.05, 3.63) is 18.2 Å². The van der Waals surface area contributed by atoms with Crippen LogP contribution in [0.2, 0.25) is 0 Å². The molecule has 0 radical (unpaired) electrons. The van der Waals surface area contributed by atoms with E-state index in [4.69, 9.17) is 15.9 Å². The fraction of sp³-hybridized carbons (Fsp3) is 0.167. The number of carbonyl (C=O) groups excluding carboxylic acids is 2. The zero-order chi connectivity index (χ0) is 12.8. The van der Waals surface area contributed by atoms with Crippen LogP contribution in [0.1, 0.15) is 6.92 Å². The average molecular weight is 233 g/mol. The van der Waals surface area contributed by atoms with Crippen LogP contribution in [0.3, 0.4) is 0 Å². The summed E-state index contributed by atoms with van der Waals surface area (Å²) in [5.74, 6) is 1.45. The first-order valence-electron chi connectivity index (χ1n) is 4.71. The third kappa shape index (κ3) is 3.54. The monoisotopic (exact) mass is 233 g/mol. The first-order chi connectivity index (χ1) is 8.06. The smallest absolute Gasteiger partial charge is 0.389 e. The molecule has 1 rings (SSSR count). The summed E-state index contributed by atoms with van der Waals surface area (Å²) in [4.78, 5) is 21.9. The van der Waals surface area contributed by atoms with Gasteiger partial charge in [-0.05, 0) is 12.1 Å². The number of terminal acetylenes is 1. The first-order valence-corrected chi connectivity index (χ1v) is 4.71. The van der Waals surface area contributed by atoms with Crippen molar-refractivity contribution in [2.24, 2.45) is 0 Å². The number of esters is 1. The Balaban J connectivity index is 3.00. The van der Waals surface area contributed by atoms with Gasteiger partial charge in [0.2, 0.25) is 5.91 Å². The molecular formula is C12H11NO4. The molecule has 17 heavy (non-hydrogen) atoms. The van der Waals surface area contributed by atoms with Gasteiger partial charge in [-0.25, -0.2) is 4.79 Å². The Morgan fingerprint density at radius 2 is 2.12 bits per heavy atom. The van der Waals surface area contributed by atoms with Crippen LogP contribution in [0, 0.1) is 12.3 Å². The summed E-state index contributed by atoms with van der Waals surface area (Å²) in [6, 6.07) is 4.53. The molecule has 0 spiro atoms. The molecule has 0 heterocycles. The van der Waals surface area contributed by atoms with E-state index in [1.165, 1.54) is 26.2 Å². The van der Waals surface area contributed by atoms with Crippen LogP contribution in [-0.2, 0) is 9.59 Å². The average Bonchev–Trinajstić information content (AvgIpc) is 2.28. The normalized spacial score (nSPS) is 9.00. The Morgan fingerprint density at radius 1 is 1.41 bits per heavy atom. The lowest BCUT2D eigenvalue weighted by molar-refractivity contribution is -0.128. The highest BCUT2D eigenvalue weighted by atomic mass is 16.5. The van der Waals surface area contributed by atoms with Gasteiger partial charge in [0, 0.05) is 18.9 Å². The van der Waals surface area contributed by atoms with Crippen molar-refractivity contribution in [3.63, 3.8) is 0 Å². The summed E-state index contributed by atoms with van der Waals surface area (Å²) in [6.45, 7) is 1.36. The lowest BCUT2D eigenvalue weighted by atomic mass is 10.2. The van der Waals surface area contributed by atoms with E-state index in [0.717, 1.165) is 0 Å².